The number of carbonyl (C=O) groups excluding carboxylic acids is 1. The third-order valence-electron chi connectivity index (χ3n) is 6.65. The first-order valence-corrected chi connectivity index (χ1v) is 12.0. The van der Waals surface area contributed by atoms with Crippen molar-refractivity contribution >= 4 is 40.7 Å². The molecule has 2 aromatic rings. The van der Waals surface area contributed by atoms with E-state index in [1.807, 2.05) is 4.90 Å². The van der Waals surface area contributed by atoms with Gasteiger partial charge < -0.3 is 15.2 Å². The summed E-state index contributed by atoms with van der Waals surface area (Å²) in [5.74, 6) is -1.77. The predicted molar refractivity (Wildman–Crippen MR) is 124 cm³/mol. The Morgan fingerprint density at radius 1 is 1.41 bits per heavy atom. The molecule has 0 bridgehead atoms. The number of rotatable bonds is 6. The Balaban J connectivity index is 1.61. The topological polar surface area (TPSA) is 104 Å². The number of ether oxygens (including phenoxy) is 1. The van der Waals surface area contributed by atoms with Gasteiger partial charge in [-0.05, 0) is 30.7 Å². The van der Waals surface area contributed by atoms with Gasteiger partial charge >= 0.3 is 11.9 Å². The Morgan fingerprint density at radius 2 is 2.21 bits per heavy atom. The molecule has 1 aliphatic carbocycles. The van der Waals surface area contributed by atoms with Gasteiger partial charge in [0, 0.05) is 35.9 Å². The highest BCUT2D eigenvalue weighted by atomic mass is 35.5. The van der Waals surface area contributed by atoms with E-state index in [4.69, 9.17) is 16.3 Å². The molecule has 2 atom stereocenters. The number of nitrogens with one attached hydrogen (secondary N) is 1. The van der Waals surface area contributed by atoms with Crippen LogP contribution in [0.15, 0.2) is 46.0 Å². The van der Waals surface area contributed by atoms with Crippen molar-refractivity contribution in [1.29, 1.82) is 0 Å². The summed E-state index contributed by atoms with van der Waals surface area (Å²) in [4.78, 5) is 35.9. The maximum absolute atomic E-state index is 14.4. The number of carboxylic acids is 1. The lowest BCUT2D eigenvalue weighted by Crippen LogP contribution is -2.43. The van der Waals surface area contributed by atoms with Gasteiger partial charge in [-0.25, -0.2) is 14.2 Å². The molecule has 2 aliphatic heterocycles. The van der Waals surface area contributed by atoms with E-state index in [1.54, 1.807) is 17.6 Å². The van der Waals surface area contributed by atoms with Gasteiger partial charge in [0.1, 0.15) is 17.9 Å². The van der Waals surface area contributed by atoms with Crippen LogP contribution in [0.5, 0.6) is 0 Å². The van der Waals surface area contributed by atoms with E-state index in [2.05, 4.69) is 15.3 Å². The maximum Gasteiger partial charge on any atom is 0.338 e. The monoisotopic (exact) mass is 504 g/mol. The minimum Gasteiger partial charge on any atom is -0.480 e. The second-order valence-electron chi connectivity index (χ2n) is 8.83. The lowest BCUT2D eigenvalue weighted by Gasteiger charge is -2.30. The van der Waals surface area contributed by atoms with E-state index in [9.17, 15) is 19.1 Å². The third kappa shape index (κ3) is 4.10. The van der Waals surface area contributed by atoms with E-state index >= 15 is 0 Å². The highest BCUT2D eigenvalue weighted by molar-refractivity contribution is 7.11. The Kier molecular flexibility index (Phi) is 5.91. The zero-order valence-corrected chi connectivity index (χ0v) is 19.8. The molecule has 1 saturated heterocycles. The number of amidine groups is 1. The van der Waals surface area contributed by atoms with Crippen molar-refractivity contribution in [1.82, 2.24) is 15.2 Å². The molecule has 3 heterocycles. The summed E-state index contributed by atoms with van der Waals surface area (Å²) >= 11 is 7.65. The average molecular weight is 505 g/mol. The Morgan fingerprint density at radius 3 is 2.85 bits per heavy atom. The van der Waals surface area contributed by atoms with Crippen molar-refractivity contribution in [3.63, 3.8) is 0 Å². The van der Waals surface area contributed by atoms with Crippen LogP contribution in [0.4, 0.5) is 4.39 Å². The summed E-state index contributed by atoms with van der Waals surface area (Å²) in [6, 6.07) is 2.74. The van der Waals surface area contributed by atoms with Gasteiger partial charge in [-0.1, -0.05) is 23.7 Å². The Bertz CT molecular complexity index is 1210. The molecule has 1 aromatic heterocycles. The number of esters is 1. The zero-order chi connectivity index (χ0) is 24.0. The minimum atomic E-state index is -0.952. The van der Waals surface area contributed by atoms with Crippen LogP contribution in [0, 0.1) is 11.2 Å². The van der Waals surface area contributed by atoms with Crippen molar-refractivity contribution in [3.8, 4) is 0 Å². The van der Waals surface area contributed by atoms with Gasteiger partial charge in [0.05, 0.1) is 17.7 Å². The Hall–Kier alpha value is -2.82. The summed E-state index contributed by atoms with van der Waals surface area (Å²) < 4.78 is 19.4. The molecule has 0 amide bonds. The molecule has 5 rings (SSSR count). The second kappa shape index (κ2) is 8.75. The van der Waals surface area contributed by atoms with Crippen LogP contribution >= 0.6 is 22.9 Å². The van der Waals surface area contributed by atoms with Crippen molar-refractivity contribution < 1.29 is 23.8 Å². The Labute approximate surface area is 204 Å². The van der Waals surface area contributed by atoms with Crippen LogP contribution in [-0.4, -0.2) is 59.0 Å². The average Bonchev–Trinajstić information content (AvgIpc) is 3.20. The normalized spacial score (nSPS) is 23.6. The van der Waals surface area contributed by atoms with E-state index in [0.29, 0.717) is 35.1 Å². The van der Waals surface area contributed by atoms with Crippen LogP contribution in [0.25, 0.3) is 0 Å². The summed E-state index contributed by atoms with van der Waals surface area (Å²) in [6.07, 6.45) is 4.20. The number of aromatic nitrogens is 1. The largest absolute Gasteiger partial charge is 0.480 e. The minimum absolute atomic E-state index is 0.0290. The second-order valence-corrected chi connectivity index (χ2v) is 10.1. The molecule has 3 aliphatic rings. The van der Waals surface area contributed by atoms with E-state index < -0.39 is 29.8 Å². The molecule has 34 heavy (non-hydrogen) atoms. The first-order valence-electron chi connectivity index (χ1n) is 10.8. The molecular weight excluding hydrogens is 483 g/mol. The number of nitrogens with zero attached hydrogens (tertiary/aromatic N) is 3. The standard InChI is InChI=1S/C23H22ClFN4O4S/c1-33-22(32)16-14(10-29-11-23(5-6-23)9-15(29)21(30)31)27-19(20-26-7-8-34-20)28-18(16)12-3-2-4-13(25)17(12)24/h2-4,7-8,15,18H,5-6,9-11H2,1H3,(H,27,28)(H,30,31)/t15-,18-/m0/s1. The van der Waals surface area contributed by atoms with Gasteiger partial charge in [-0.15, -0.1) is 11.3 Å². The quantitative estimate of drug-likeness (QED) is 0.581. The van der Waals surface area contributed by atoms with Crippen LogP contribution in [0.3, 0.4) is 0 Å². The number of aliphatic imine (C=N–C) groups is 1. The van der Waals surface area contributed by atoms with E-state index in [1.165, 1.54) is 30.6 Å². The van der Waals surface area contributed by atoms with E-state index in [0.717, 1.165) is 12.8 Å². The molecule has 0 unspecified atom stereocenters. The van der Waals surface area contributed by atoms with Gasteiger partial charge in [0.15, 0.2) is 10.8 Å². The third-order valence-corrected chi connectivity index (χ3v) is 7.83. The number of benzene rings is 1. The number of halogens is 2. The molecule has 8 nitrogen and oxygen atoms in total. The smallest absolute Gasteiger partial charge is 0.338 e. The number of thiazole rings is 1. The fraction of sp³-hybridized carbons (Fsp3) is 0.391. The van der Waals surface area contributed by atoms with Crippen LogP contribution in [0.1, 0.15) is 35.9 Å². The number of carbonyl (C=O) groups is 2. The van der Waals surface area contributed by atoms with Crippen LogP contribution < -0.4 is 5.32 Å². The molecule has 1 aromatic carbocycles. The highest BCUT2D eigenvalue weighted by Gasteiger charge is 2.54. The molecule has 11 heteroatoms. The van der Waals surface area contributed by atoms with Gasteiger partial charge in [-0.2, -0.15) is 0 Å². The predicted octanol–water partition coefficient (Wildman–Crippen LogP) is 3.39. The summed E-state index contributed by atoms with van der Waals surface area (Å²) in [7, 11) is 1.26. The van der Waals surface area contributed by atoms with E-state index in [-0.39, 0.29) is 22.6 Å². The number of aliphatic carboxylic acids is 1. The van der Waals surface area contributed by atoms with Crippen molar-refractivity contribution in [2.24, 2.45) is 10.4 Å². The van der Waals surface area contributed by atoms with Gasteiger partial charge in [0.2, 0.25) is 0 Å². The van der Waals surface area contributed by atoms with Gasteiger partial charge in [-0.3, -0.25) is 14.7 Å². The van der Waals surface area contributed by atoms with Crippen molar-refractivity contribution in [2.75, 3.05) is 20.2 Å². The zero-order valence-electron chi connectivity index (χ0n) is 18.3. The van der Waals surface area contributed by atoms with Crippen LogP contribution in [0.2, 0.25) is 5.02 Å². The molecule has 1 spiro atoms. The lowest BCUT2D eigenvalue weighted by molar-refractivity contribution is -0.142. The number of likely N-dealkylation sites (tertiary alicyclic amines) is 1. The first kappa shape index (κ1) is 22.9. The molecule has 1 saturated carbocycles. The van der Waals surface area contributed by atoms with Gasteiger partial charge in [0.25, 0.3) is 0 Å². The molecule has 2 fully saturated rings. The number of hydrogen-bond donors (Lipinski definition) is 2. The SMILES string of the molecule is COC(=O)C1=C(CN2CC3(CC3)C[C@H]2C(=O)O)NC(c2nccs2)=N[C@H]1c1cccc(F)c1Cl. The number of hydrogen-bond acceptors (Lipinski definition) is 8. The summed E-state index contributed by atoms with van der Waals surface area (Å²) in [5, 5.41) is 15.3. The first-order chi connectivity index (χ1) is 16.3. The summed E-state index contributed by atoms with van der Waals surface area (Å²) in [5.41, 5.74) is 0.948. The number of carboxylic acid groups (broad SMARTS) is 1. The fourth-order valence-electron chi connectivity index (χ4n) is 4.77. The van der Waals surface area contributed by atoms with Crippen molar-refractivity contribution in [3.05, 3.63) is 62.5 Å². The van der Waals surface area contributed by atoms with Crippen molar-refractivity contribution in [2.45, 2.75) is 31.3 Å². The lowest BCUT2D eigenvalue weighted by atomic mass is 9.95. The molecular formula is C23H22ClFN4O4S. The van der Waals surface area contributed by atoms with Crippen LogP contribution in [-0.2, 0) is 14.3 Å². The maximum atomic E-state index is 14.4. The molecule has 0 radical (unpaired) electrons. The highest BCUT2D eigenvalue weighted by Crippen LogP contribution is 2.55. The fourth-order valence-corrected chi connectivity index (χ4v) is 5.59. The number of methoxy groups -OCH3 is 1. The molecule has 2 N–H and O–H groups in total. The summed E-state index contributed by atoms with van der Waals surface area (Å²) in [6.45, 7) is 0.787. The molecule has 178 valence electrons.